The van der Waals surface area contributed by atoms with Gasteiger partial charge in [-0.25, -0.2) is 0 Å². The summed E-state index contributed by atoms with van der Waals surface area (Å²) >= 11 is 5.22. The summed E-state index contributed by atoms with van der Waals surface area (Å²) in [5, 5.41) is 0. The maximum atomic E-state index is 2.41. The Kier molecular flexibility index (Phi) is 53.2. The molecule has 0 aromatic rings. The van der Waals surface area contributed by atoms with Gasteiger partial charge >= 0.3 is 140 Å². The van der Waals surface area contributed by atoms with Crippen molar-refractivity contribution in [1.29, 1.82) is 0 Å². The zero-order valence-electron chi connectivity index (χ0n) is 1.16. The van der Waals surface area contributed by atoms with E-state index in [0.717, 1.165) is 0 Å². The molecule has 0 radical (unpaired) electrons. The van der Waals surface area contributed by atoms with E-state index in [9.17, 15) is 0 Å². The average Bonchev–Trinajstić information content (AvgIpc) is 0.918. The van der Waals surface area contributed by atoms with Crippen molar-refractivity contribution in [1.82, 2.24) is 0 Å². The molecule has 0 heterocycles. The van der Waals surface area contributed by atoms with E-state index in [-0.39, 0.29) is 89.1 Å². The molecule has 0 bridgehead atoms. The van der Waals surface area contributed by atoms with Gasteiger partial charge in [0.25, 0.3) is 0 Å². The van der Waals surface area contributed by atoms with Gasteiger partial charge in [-0.1, -0.05) is 0 Å². The first kappa shape index (κ1) is 16.6. The Morgan fingerprint density at radius 2 is 1.20 bits per heavy atom. The third-order valence-corrected chi connectivity index (χ3v) is 0. The van der Waals surface area contributed by atoms with Crippen molar-refractivity contribution in [2.24, 2.45) is 0 Å². The van der Waals surface area contributed by atoms with Crippen LogP contribution in [0.1, 0.15) is 0 Å². The molecule has 0 rings (SSSR count). The van der Waals surface area contributed by atoms with Gasteiger partial charge in [0.15, 0.2) is 0 Å². The molecule has 0 aromatic carbocycles. The third-order valence-electron chi connectivity index (χ3n) is 0. The van der Waals surface area contributed by atoms with Crippen molar-refractivity contribution >= 4 is 140 Å². The van der Waals surface area contributed by atoms with Gasteiger partial charge in [-0.15, -0.1) is 0 Å². The predicted molar refractivity (Wildman–Crippen MR) is 59.1 cm³/mol. The van der Waals surface area contributed by atoms with E-state index >= 15 is 0 Å². The van der Waals surface area contributed by atoms with Gasteiger partial charge in [-0.2, -0.15) is 0 Å². The summed E-state index contributed by atoms with van der Waals surface area (Å²) in [7, 11) is 0. The molecule has 5 heteroatoms. The summed E-state index contributed by atoms with van der Waals surface area (Å²) in [5.41, 5.74) is 0. The van der Waals surface area contributed by atoms with Gasteiger partial charge in [0, 0.05) is 0 Å². The van der Waals surface area contributed by atoms with Crippen LogP contribution in [0.5, 0.6) is 0 Å². The number of hydrogen-bond acceptors (Lipinski definition) is 0. The Morgan fingerprint density at radius 3 is 1.20 bits per heavy atom. The van der Waals surface area contributed by atoms with Crippen molar-refractivity contribution in [3.8, 4) is 0 Å². The van der Waals surface area contributed by atoms with Crippen molar-refractivity contribution < 1.29 is 0 Å². The van der Waals surface area contributed by atoms with Crippen LogP contribution in [-0.2, 0) is 0 Å². The van der Waals surface area contributed by atoms with E-state index in [1.807, 2.05) is 0 Å². The first-order chi connectivity index (χ1) is 1.41. The molecular formula is H4CaI3K. The van der Waals surface area contributed by atoms with Gasteiger partial charge in [0.2, 0.25) is 0 Å². The van der Waals surface area contributed by atoms with Gasteiger partial charge in [0.1, 0.15) is 0 Å². The molecule has 0 nitrogen and oxygen atoms in total. The van der Waals surface area contributed by atoms with Crippen LogP contribution in [0.4, 0.5) is 0 Å². The third kappa shape index (κ3) is 17.6. The van der Waals surface area contributed by atoms with E-state index in [2.05, 4.69) is 37.2 Å². The first-order valence-electron chi connectivity index (χ1n) is 0.309. The molecular weight excluding hydrogens is 460 g/mol. The molecule has 28 valence electrons. The van der Waals surface area contributed by atoms with Gasteiger partial charge < -0.3 is 0 Å². The second-order valence-electron chi connectivity index (χ2n) is 0.0583. The normalized spacial score (nSPS) is 4.40. The van der Waals surface area contributed by atoms with Crippen LogP contribution in [0.3, 0.4) is 0 Å². The molecule has 0 atom stereocenters. The molecule has 0 aliphatic heterocycles. The van der Waals surface area contributed by atoms with Gasteiger partial charge in [-0.05, 0) is 0 Å². The topological polar surface area (TPSA) is 0 Å². The molecule has 0 aliphatic rings. The minimum atomic E-state index is 0. The molecule has 0 saturated heterocycles. The molecule has 0 amide bonds. The summed E-state index contributed by atoms with van der Waals surface area (Å²) in [6.07, 6.45) is 0. The fraction of sp³-hybridized carbons (Fsp3) is 0. The molecule has 0 unspecified atom stereocenters. The maximum absolute atomic E-state index is 2.41. The Bertz CT molecular complexity index is 6.85. The Hall–Kier alpha value is 5.09. The van der Waals surface area contributed by atoms with Crippen molar-refractivity contribution in [3.05, 3.63) is 0 Å². The minimum absolute atomic E-state index is 0. The molecule has 5 heavy (non-hydrogen) atoms. The van der Waals surface area contributed by atoms with E-state index < -0.39 is 0 Å². The second kappa shape index (κ2) is 16.0. The zero-order chi connectivity index (χ0) is 2.71. The molecule has 0 aliphatic carbocycles. The number of halogens is 3. The Morgan fingerprint density at radius 1 is 1.20 bits per heavy atom. The SMILES string of the molecule is I[IH]I.[CaH2].[KH]. The van der Waals surface area contributed by atoms with E-state index in [0.29, 0.717) is 13.3 Å². The van der Waals surface area contributed by atoms with Crippen LogP contribution in [0.2, 0.25) is 0 Å². The van der Waals surface area contributed by atoms with Crippen LogP contribution in [0.15, 0.2) is 0 Å². The molecule has 0 fully saturated rings. The number of hydrogen-bond donors (Lipinski definition) is 0. The van der Waals surface area contributed by atoms with E-state index in [1.54, 1.807) is 0 Å². The van der Waals surface area contributed by atoms with Crippen LogP contribution in [0.25, 0.3) is 0 Å². The fourth-order valence-corrected chi connectivity index (χ4v) is 0. The molecule has 0 aromatic heterocycles. The second-order valence-corrected chi connectivity index (χ2v) is 17.6. The van der Waals surface area contributed by atoms with Crippen LogP contribution >= 0.6 is 50.5 Å². The van der Waals surface area contributed by atoms with Crippen LogP contribution in [-0.4, -0.2) is 89.1 Å². The van der Waals surface area contributed by atoms with Crippen molar-refractivity contribution in [2.45, 2.75) is 0 Å². The zero-order valence-corrected chi connectivity index (χ0v) is 7.81. The van der Waals surface area contributed by atoms with Crippen LogP contribution < -0.4 is 0 Å². The number of rotatable bonds is 0. The molecule has 0 spiro atoms. The molecule has 0 N–H and O–H groups in total. The van der Waals surface area contributed by atoms with Gasteiger partial charge in [0.05, 0.1) is 0 Å². The van der Waals surface area contributed by atoms with E-state index in [4.69, 9.17) is 0 Å². The summed E-state index contributed by atoms with van der Waals surface area (Å²) in [5.74, 6) is 0. The summed E-state index contributed by atoms with van der Waals surface area (Å²) < 4.78 is 0. The van der Waals surface area contributed by atoms with E-state index in [1.165, 1.54) is 0 Å². The summed E-state index contributed by atoms with van der Waals surface area (Å²) in [4.78, 5) is 0. The Labute approximate surface area is 134 Å². The van der Waals surface area contributed by atoms with Crippen LogP contribution in [0, 0.1) is 0 Å². The first-order valence-corrected chi connectivity index (χ1v) is 13.9. The molecule has 0 saturated carbocycles. The Balaban J connectivity index is -0.0000000200. The standard InChI is InChI=1S/Ca.HI3.K.3H/c;1-3-2;;;;/h;3H;;;;. The van der Waals surface area contributed by atoms with Crippen molar-refractivity contribution in [2.75, 3.05) is 0 Å². The summed E-state index contributed by atoms with van der Waals surface area (Å²) in [6.45, 7) is 0. The quantitative estimate of drug-likeness (QED) is 0.369. The van der Waals surface area contributed by atoms with Gasteiger partial charge in [-0.3, -0.25) is 0 Å². The summed E-state index contributed by atoms with van der Waals surface area (Å²) in [6, 6.07) is 0. The average molecular weight is 464 g/mol. The monoisotopic (exact) mass is 464 g/mol. The van der Waals surface area contributed by atoms with Crippen molar-refractivity contribution in [3.63, 3.8) is 0 Å². The fourth-order valence-electron chi connectivity index (χ4n) is 0. The predicted octanol–water partition coefficient (Wildman–Crippen LogP) is 0.825.